The average Bonchev–Trinajstić information content (AvgIpc) is 3.26. The van der Waals surface area contributed by atoms with E-state index >= 15 is 0 Å². The van der Waals surface area contributed by atoms with E-state index in [-0.39, 0.29) is 36.2 Å². The maximum atomic E-state index is 12.4. The van der Waals surface area contributed by atoms with Crippen LogP contribution < -0.4 is 5.73 Å². The standard InChI is InChI=1S/C17H24Cl2N2O.ClH/c1-10(2)16(20)6-7-21(3)17(22)13-9-12(13)11-4-5-14(18)15(19)8-11;/h4-5,8,10,12-13,16H,6-7,9,20H2,1-3H3;1H. The van der Waals surface area contributed by atoms with Crippen molar-refractivity contribution in [3.05, 3.63) is 33.8 Å². The third kappa shape index (κ3) is 5.25. The summed E-state index contributed by atoms with van der Waals surface area (Å²) in [4.78, 5) is 14.3. The largest absolute Gasteiger partial charge is 0.345 e. The van der Waals surface area contributed by atoms with Gasteiger partial charge in [-0.05, 0) is 42.4 Å². The van der Waals surface area contributed by atoms with Gasteiger partial charge >= 0.3 is 0 Å². The molecule has 2 rings (SSSR count). The van der Waals surface area contributed by atoms with E-state index < -0.39 is 0 Å². The zero-order valence-electron chi connectivity index (χ0n) is 13.8. The van der Waals surface area contributed by atoms with Crippen molar-refractivity contribution in [1.82, 2.24) is 4.90 Å². The summed E-state index contributed by atoms with van der Waals surface area (Å²) in [5.41, 5.74) is 7.14. The van der Waals surface area contributed by atoms with Crippen LogP contribution in [0, 0.1) is 11.8 Å². The second kappa shape index (κ2) is 8.57. The van der Waals surface area contributed by atoms with E-state index in [1.165, 1.54) is 0 Å². The lowest BCUT2D eigenvalue weighted by Crippen LogP contribution is -2.35. The molecular weight excluding hydrogens is 355 g/mol. The first-order valence-electron chi connectivity index (χ1n) is 7.76. The van der Waals surface area contributed by atoms with Crippen molar-refractivity contribution in [3.63, 3.8) is 0 Å². The Bertz CT molecular complexity index is 551. The first-order chi connectivity index (χ1) is 10.3. The topological polar surface area (TPSA) is 46.3 Å². The molecule has 1 aromatic carbocycles. The van der Waals surface area contributed by atoms with Crippen LogP contribution in [-0.4, -0.2) is 30.4 Å². The van der Waals surface area contributed by atoms with E-state index in [1.807, 2.05) is 24.1 Å². The lowest BCUT2D eigenvalue weighted by atomic mass is 10.0. The normalized spacial score (nSPS) is 20.8. The zero-order chi connectivity index (χ0) is 16.4. The van der Waals surface area contributed by atoms with Gasteiger partial charge in [0.1, 0.15) is 0 Å². The van der Waals surface area contributed by atoms with Crippen molar-refractivity contribution >= 4 is 41.5 Å². The van der Waals surface area contributed by atoms with Crippen LogP contribution in [0.5, 0.6) is 0 Å². The molecule has 1 aliphatic carbocycles. The molecule has 23 heavy (non-hydrogen) atoms. The fourth-order valence-corrected chi connectivity index (χ4v) is 2.96. The molecular formula is C17H25Cl3N2O. The van der Waals surface area contributed by atoms with Gasteiger partial charge in [0.05, 0.1) is 10.0 Å². The highest BCUT2D eigenvalue weighted by molar-refractivity contribution is 6.42. The first kappa shape index (κ1) is 20.6. The fourth-order valence-electron chi connectivity index (χ4n) is 2.65. The van der Waals surface area contributed by atoms with Crippen molar-refractivity contribution in [1.29, 1.82) is 0 Å². The van der Waals surface area contributed by atoms with Gasteiger partial charge in [0.2, 0.25) is 5.91 Å². The Morgan fingerprint density at radius 1 is 1.35 bits per heavy atom. The minimum Gasteiger partial charge on any atom is -0.345 e. The van der Waals surface area contributed by atoms with Crippen LogP contribution in [0.4, 0.5) is 0 Å². The van der Waals surface area contributed by atoms with E-state index in [0.717, 1.165) is 18.4 Å². The second-order valence-corrected chi connectivity index (χ2v) is 7.39. The van der Waals surface area contributed by atoms with E-state index in [1.54, 1.807) is 6.07 Å². The monoisotopic (exact) mass is 378 g/mol. The molecule has 130 valence electrons. The van der Waals surface area contributed by atoms with Gasteiger partial charge in [0.15, 0.2) is 0 Å². The summed E-state index contributed by atoms with van der Waals surface area (Å²) < 4.78 is 0. The number of nitrogens with zero attached hydrogens (tertiary/aromatic N) is 1. The predicted molar refractivity (Wildman–Crippen MR) is 99.6 cm³/mol. The van der Waals surface area contributed by atoms with Crippen LogP contribution in [0.15, 0.2) is 18.2 Å². The molecule has 3 unspecified atom stereocenters. The number of halogens is 3. The Labute approximate surface area is 154 Å². The van der Waals surface area contributed by atoms with Crippen LogP contribution in [0.2, 0.25) is 10.0 Å². The molecule has 0 bridgehead atoms. The Morgan fingerprint density at radius 2 is 2.00 bits per heavy atom. The summed E-state index contributed by atoms with van der Waals surface area (Å²) in [7, 11) is 1.86. The molecule has 1 amide bonds. The fraction of sp³-hybridized carbons (Fsp3) is 0.588. The van der Waals surface area contributed by atoms with E-state index in [9.17, 15) is 4.79 Å². The Balaban J connectivity index is 0.00000264. The summed E-state index contributed by atoms with van der Waals surface area (Å²) in [5, 5.41) is 1.10. The molecule has 1 aromatic rings. The smallest absolute Gasteiger partial charge is 0.226 e. The number of benzene rings is 1. The van der Waals surface area contributed by atoms with Crippen LogP contribution >= 0.6 is 35.6 Å². The maximum absolute atomic E-state index is 12.4. The van der Waals surface area contributed by atoms with Crippen LogP contribution in [-0.2, 0) is 4.79 Å². The Hall–Kier alpha value is -0.480. The second-order valence-electron chi connectivity index (χ2n) is 6.58. The summed E-state index contributed by atoms with van der Waals surface area (Å²) in [6.45, 7) is 4.92. The molecule has 2 N–H and O–H groups in total. The Kier molecular flexibility index (Phi) is 7.66. The zero-order valence-corrected chi connectivity index (χ0v) is 16.1. The lowest BCUT2D eigenvalue weighted by molar-refractivity contribution is -0.131. The molecule has 0 saturated heterocycles. The van der Waals surface area contributed by atoms with E-state index in [4.69, 9.17) is 28.9 Å². The van der Waals surface area contributed by atoms with Crippen LogP contribution in [0.3, 0.4) is 0 Å². The number of nitrogens with two attached hydrogens (primary N) is 1. The summed E-state index contributed by atoms with van der Waals surface area (Å²) in [6.07, 6.45) is 1.72. The molecule has 0 aliphatic heterocycles. The summed E-state index contributed by atoms with van der Waals surface area (Å²) >= 11 is 12.0. The maximum Gasteiger partial charge on any atom is 0.226 e. The summed E-state index contributed by atoms with van der Waals surface area (Å²) in [6, 6.07) is 5.77. The van der Waals surface area contributed by atoms with E-state index in [2.05, 4.69) is 13.8 Å². The van der Waals surface area contributed by atoms with Gasteiger partial charge < -0.3 is 10.6 Å². The number of amides is 1. The van der Waals surface area contributed by atoms with Gasteiger partial charge in [-0.15, -0.1) is 12.4 Å². The van der Waals surface area contributed by atoms with Gasteiger partial charge in [-0.1, -0.05) is 43.1 Å². The number of hydrogen-bond acceptors (Lipinski definition) is 2. The highest BCUT2D eigenvalue weighted by Crippen LogP contribution is 2.49. The molecule has 0 heterocycles. The number of rotatable bonds is 6. The molecule has 0 spiro atoms. The third-order valence-corrected chi connectivity index (χ3v) is 5.25. The minimum atomic E-state index is 0. The lowest BCUT2D eigenvalue weighted by Gasteiger charge is -2.21. The summed E-state index contributed by atoms with van der Waals surface area (Å²) in [5.74, 6) is 0.974. The highest BCUT2D eigenvalue weighted by atomic mass is 35.5. The third-order valence-electron chi connectivity index (χ3n) is 4.51. The molecule has 1 fully saturated rings. The first-order valence-corrected chi connectivity index (χ1v) is 8.52. The van der Waals surface area contributed by atoms with Crippen LogP contribution in [0.25, 0.3) is 0 Å². The quantitative estimate of drug-likeness (QED) is 0.798. The minimum absolute atomic E-state index is 0. The van der Waals surface area contributed by atoms with Crippen molar-refractivity contribution in [2.24, 2.45) is 17.6 Å². The average molecular weight is 380 g/mol. The van der Waals surface area contributed by atoms with Gasteiger partial charge in [-0.2, -0.15) is 0 Å². The number of carbonyl (C=O) groups excluding carboxylic acids is 1. The van der Waals surface area contributed by atoms with Gasteiger partial charge in [-0.25, -0.2) is 0 Å². The van der Waals surface area contributed by atoms with Crippen molar-refractivity contribution in [3.8, 4) is 0 Å². The Morgan fingerprint density at radius 3 is 2.57 bits per heavy atom. The molecule has 1 aliphatic rings. The van der Waals surface area contributed by atoms with E-state index in [0.29, 0.717) is 22.5 Å². The number of hydrogen-bond donors (Lipinski definition) is 1. The van der Waals surface area contributed by atoms with Crippen LogP contribution in [0.1, 0.15) is 38.2 Å². The number of carbonyl (C=O) groups is 1. The van der Waals surface area contributed by atoms with Gasteiger partial charge in [0, 0.05) is 25.6 Å². The van der Waals surface area contributed by atoms with Crippen molar-refractivity contribution in [2.75, 3.05) is 13.6 Å². The predicted octanol–water partition coefficient (Wildman–Crippen LogP) is 4.35. The van der Waals surface area contributed by atoms with Crippen molar-refractivity contribution in [2.45, 2.75) is 38.6 Å². The molecule has 1 saturated carbocycles. The van der Waals surface area contributed by atoms with Gasteiger partial charge in [-0.3, -0.25) is 4.79 Å². The SMILES string of the molecule is CC(C)C(N)CCN(C)C(=O)C1CC1c1ccc(Cl)c(Cl)c1.Cl. The molecule has 3 atom stereocenters. The van der Waals surface area contributed by atoms with Gasteiger partial charge in [0.25, 0.3) is 0 Å². The molecule has 6 heteroatoms. The van der Waals surface area contributed by atoms with Crippen molar-refractivity contribution < 1.29 is 4.79 Å². The molecule has 3 nitrogen and oxygen atoms in total. The molecule has 0 radical (unpaired) electrons. The molecule has 0 aromatic heterocycles. The highest BCUT2D eigenvalue weighted by Gasteiger charge is 2.45.